The monoisotopic (exact) mass is 215 g/mol. The van der Waals surface area contributed by atoms with Gasteiger partial charge in [0, 0.05) is 19.2 Å². The molecule has 1 aliphatic rings. The van der Waals surface area contributed by atoms with Gasteiger partial charge in [-0.15, -0.1) is 0 Å². The second-order valence-corrected chi connectivity index (χ2v) is 4.69. The zero-order chi connectivity index (χ0) is 11.1. The van der Waals surface area contributed by atoms with Gasteiger partial charge in [0.1, 0.15) is 0 Å². The van der Waals surface area contributed by atoms with E-state index in [4.69, 9.17) is 10.6 Å². The maximum atomic E-state index is 5.59. The van der Waals surface area contributed by atoms with E-state index < -0.39 is 0 Å². The van der Waals surface area contributed by atoms with Crippen LogP contribution in [0.5, 0.6) is 0 Å². The van der Waals surface area contributed by atoms with Gasteiger partial charge in [-0.25, -0.2) is 0 Å². The second-order valence-electron chi connectivity index (χ2n) is 4.69. The van der Waals surface area contributed by atoms with Crippen molar-refractivity contribution in [2.24, 2.45) is 5.84 Å². The zero-order valence-electron chi connectivity index (χ0n) is 10.0. The minimum Gasteiger partial charge on any atom is -0.378 e. The lowest BCUT2D eigenvalue weighted by Crippen LogP contribution is -2.42. The topological polar surface area (TPSA) is 50.5 Å². The van der Waals surface area contributed by atoms with Crippen LogP contribution in [0.25, 0.3) is 0 Å². The van der Waals surface area contributed by atoms with Gasteiger partial charge in [-0.05, 0) is 46.2 Å². The molecule has 1 fully saturated rings. The van der Waals surface area contributed by atoms with E-state index >= 15 is 0 Å². The molecule has 0 aliphatic carbocycles. The van der Waals surface area contributed by atoms with E-state index in [-0.39, 0.29) is 0 Å². The normalized spacial score (nSPS) is 23.6. The van der Waals surface area contributed by atoms with Crippen molar-refractivity contribution in [2.75, 3.05) is 27.2 Å². The molecular weight excluding hydrogens is 190 g/mol. The number of nitrogens with two attached hydrogens (primary N) is 1. The van der Waals surface area contributed by atoms with E-state index in [2.05, 4.69) is 24.4 Å². The summed E-state index contributed by atoms with van der Waals surface area (Å²) in [6, 6.07) is 0.404. The largest absolute Gasteiger partial charge is 0.378 e. The van der Waals surface area contributed by atoms with Gasteiger partial charge in [-0.3, -0.25) is 11.3 Å². The fourth-order valence-electron chi connectivity index (χ4n) is 2.13. The fourth-order valence-corrected chi connectivity index (χ4v) is 2.13. The predicted octanol–water partition coefficient (Wildman–Crippen LogP) is 0.729. The molecule has 0 saturated carbocycles. The molecule has 0 aromatic rings. The van der Waals surface area contributed by atoms with Crippen molar-refractivity contribution >= 4 is 0 Å². The highest BCUT2D eigenvalue weighted by Crippen LogP contribution is 2.18. The quantitative estimate of drug-likeness (QED) is 0.485. The molecule has 2 unspecified atom stereocenters. The zero-order valence-corrected chi connectivity index (χ0v) is 10.0. The number of hydrazine groups is 1. The summed E-state index contributed by atoms with van der Waals surface area (Å²) in [6.45, 7) is 1.96. The molecule has 2 atom stereocenters. The lowest BCUT2D eigenvalue weighted by Gasteiger charge is -2.20. The number of hydrogen-bond donors (Lipinski definition) is 2. The Morgan fingerprint density at radius 1 is 1.53 bits per heavy atom. The van der Waals surface area contributed by atoms with Crippen molar-refractivity contribution in [1.82, 2.24) is 10.3 Å². The maximum absolute atomic E-state index is 5.59. The first-order valence-electron chi connectivity index (χ1n) is 5.95. The van der Waals surface area contributed by atoms with Gasteiger partial charge in [0.15, 0.2) is 0 Å². The Morgan fingerprint density at radius 3 is 2.87 bits per heavy atom. The SMILES string of the molecule is CN(C)CC(CCCC1CCCO1)NN. The van der Waals surface area contributed by atoms with Crippen molar-refractivity contribution in [3.8, 4) is 0 Å². The molecule has 1 aliphatic heterocycles. The van der Waals surface area contributed by atoms with Crippen LogP contribution in [-0.4, -0.2) is 44.3 Å². The molecule has 0 amide bonds. The molecule has 15 heavy (non-hydrogen) atoms. The van der Waals surface area contributed by atoms with E-state index in [0.717, 1.165) is 19.6 Å². The summed E-state index contributed by atoms with van der Waals surface area (Å²) >= 11 is 0. The summed E-state index contributed by atoms with van der Waals surface area (Å²) in [4.78, 5) is 2.16. The molecule has 1 heterocycles. The summed E-state index contributed by atoms with van der Waals surface area (Å²) in [7, 11) is 4.15. The summed E-state index contributed by atoms with van der Waals surface area (Å²) < 4.78 is 5.59. The first-order valence-corrected chi connectivity index (χ1v) is 5.95. The molecule has 1 saturated heterocycles. The van der Waals surface area contributed by atoms with Crippen LogP contribution in [0, 0.1) is 0 Å². The molecule has 0 spiro atoms. The van der Waals surface area contributed by atoms with E-state index in [1.807, 2.05) is 0 Å². The molecule has 0 bridgehead atoms. The van der Waals surface area contributed by atoms with Crippen molar-refractivity contribution in [3.63, 3.8) is 0 Å². The van der Waals surface area contributed by atoms with E-state index in [1.54, 1.807) is 0 Å². The minimum atomic E-state index is 0.404. The summed E-state index contributed by atoms with van der Waals surface area (Å²) in [5.74, 6) is 5.51. The fraction of sp³-hybridized carbons (Fsp3) is 1.00. The van der Waals surface area contributed by atoms with Crippen LogP contribution < -0.4 is 11.3 Å². The highest BCUT2D eigenvalue weighted by molar-refractivity contribution is 4.70. The molecule has 4 heteroatoms. The van der Waals surface area contributed by atoms with Gasteiger partial charge in [0.2, 0.25) is 0 Å². The minimum absolute atomic E-state index is 0.404. The third kappa shape index (κ3) is 5.47. The van der Waals surface area contributed by atoms with Crippen molar-refractivity contribution in [3.05, 3.63) is 0 Å². The summed E-state index contributed by atoms with van der Waals surface area (Å²) in [6.07, 6.45) is 6.52. The highest BCUT2D eigenvalue weighted by atomic mass is 16.5. The van der Waals surface area contributed by atoms with Gasteiger partial charge in [0.05, 0.1) is 6.10 Å². The third-order valence-electron chi connectivity index (χ3n) is 2.92. The Balaban J connectivity index is 2.05. The molecule has 0 aromatic carbocycles. The van der Waals surface area contributed by atoms with Gasteiger partial charge in [-0.1, -0.05) is 0 Å². The predicted molar refractivity (Wildman–Crippen MR) is 62.5 cm³/mol. The first-order chi connectivity index (χ1) is 7.22. The van der Waals surface area contributed by atoms with Crippen LogP contribution in [0.4, 0.5) is 0 Å². The number of ether oxygens (including phenoxy) is 1. The van der Waals surface area contributed by atoms with Gasteiger partial charge < -0.3 is 9.64 Å². The van der Waals surface area contributed by atoms with Gasteiger partial charge >= 0.3 is 0 Å². The Morgan fingerprint density at radius 2 is 2.33 bits per heavy atom. The summed E-state index contributed by atoms with van der Waals surface area (Å²) in [5, 5.41) is 0. The first kappa shape index (κ1) is 12.9. The Labute approximate surface area is 93.1 Å². The highest BCUT2D eigenvalue weighted by Gasteiger charge is 2.16. The summed E-state index contributed by atoms with van der Waals surface area (Å²) in [5.41, 5.74) is 2.88. The Kier molecular flexibility index (Phi) is 6.17. The molecule has 1 rings (SSSR count). The smallest absolute Gasteiger partial charge is 0.0576 e. The van der Waals surface area contributed by atoms with Crippen molar-refractivity contribution in [2.45, 2.75) is 44.2 Å². The molecular formula is C11H25N3O. The van der Waals surface area contributed by atoms with Gasteiger partial charge in [0.25, 0.3) is 0 Å². The van der Waals surface area contributed by atoms with Crippen LogP contribution >= 0.6 is 0 Å². The third-order valence-corrected chi connectivity index (χ3v) is 2.92. The second kappa shape index (κ2) is 7.17. The van der Waals surface area contributed by atoms with E-state index in [0.29, 0.717) is 12.1 Å². The number of likely N-dealkylation sites (N-methyl/N-ethyl adjacent to an activating group) is 1. The lowest BCUT2D eigenvalue weighted by molar-refractivity contribution is 0.101. The van der Waals surface area contributed by atoms with Crippen molar-refractivity contribution < 1.29 is 4.74 Å². The number of nitrogens with one attached hydrogen (secondary N) is 1. The Hall–Kier alpha value is -0.160. The number of hydrogen-bond acceptors (Lipinski definition) is 4. The van der Waals surface area contributed by atoms with Gasteiger partial charge in [-0.2, -0.15) is 0 Å². The van der Waals surface area contributed by atoms with Crippen molar-refractivity contribution in [1.29, 1.82) is 0 Å². The number of nitrogens with zero attached hydrogens (tertiary/aromatic N) is 1. The molecule has 0 aromatic heterocycles. The van der Waals surface area contributed by atoms with Crippen LogP contribution in [0.1, 0.15) is 32.1 Å². The molecule has 4 nitrogen and oxygen atoms in total. The van der Waals surface area contributed by atoms with E-state index in [9.17, 15) is 0 Å². The standard InChI is InChI=1S/C11H25N3O/c1-14(2)9-10(13-12)5-3-6-11-7-4-8-15-11/h10-11,13H,3-9,12H2,1-2H3. The average molecular weight is 215 g/mol. The van der Waals surface area contributed by atoms with Crippen LogP contribution in [0.3, 0.4) is 0 Å². The molecule has 90 valence electrons. The number of rotatable bonds is 7. The Bertz CT molecular complexity index is 158. The van der Waals surface area contributed by atoms with Crippen LogP contribution in [-0.2, 0) is 4.74 Å². The maximum Gasteiger partial charge on any atom is 0.0576 e. The van der Waals surface area contributed by atoms with Crippen LogP contribution in [0.2, 0.25) is 0 Å². The molecule has 0 radical (unpaired) electrons. The average Bonchev–Trinajstić information content (AvgIpc) is 2.68. The van der Waals surface area contributed by atoms with Crippen LogP contribution in [0.15, 0.2) is 0 Å². The van der Waals surface area contributed by atoms with E-state index in [1.165, 1.54) is 25.7 Å². The molecule has 3 N–H and O–H groups in total. The lowest BCUT2D eigenvalue weighted by atomic mass is 10.1.